The largest absolute Gasteiger partial charge is 0.384 e. The molecule has 1 aliphatic rings. The van der Waals surface area contributed by atoms with Crippen LogP contribution in [0.1, 0.15) is 24.2 Å². The number of aryl methyl sites for hydroxylation is 2. The summed E-state index contributed by atoms with van der Waals surface area (Å²) in [7, 11) is 3.53. The lowest BCUT2D eigenvalue weighted by Gasteiger charge is -2.35. The van der Waals surface area contributed by atoms with Crippen molar-refractivity contribution < 1.29 is 9.53 Å². The van der Waals surface area contributed by atoms with E-state index in [1.165, 1.54) is 0 Å². The van der Waals surface area contributed by atoms with Gasteiger partial charge in [0.15, 0.2) is 0 Å². The van der Waals surface area contributed by atoms with Gasteiger partial charge in [-0.2, -0.15) is 5.10 Å². The second-order valence-corrected chi connectivity index (χ2v) is 5.59. The van der Waals surface area contributed by atoms with Crippen LogP contribution in [0.5, 0.6) is 0 Å². The van der Waals surface area contributed by atoms with Gasteiger partial charge in [-0.1, -0.05) is 0 Å². The molecule has 0 atom stereocenters. The fraction of sp³-hybridized carbons (Fsp3) is 0.714. The van der Waals surface area contributed by atoms with E-state index in [1.807, 2.05) is 20.9 Å². The Kier molecular flexibility index (Phi) is 4.45. The summed E-state index contributed by atoms with van der Waals surface area (Å²) in [5.41, 5.74) is 2.21. The third kappa shape index (κ3) is 2.71. The number of amides is 1. The van der Waals surface area contributed by atoms with E-state index in [0.717, 1.165) is 43.0 Å². The zero-order chi connectivity index (χ0) is 14.8. The quantitative estimate of drug-likeness (QED) is 0.863. The highest BCUT2D eigenvalue weighted by atomic mass is 16.5. The first-order valence-corrected chi connectivity index (χ1v) is 7.01. The number of carbonyl (C=O) groups is 1. The molecule has 2 rings (SSSR count). The van der Waals surface area contributed by atoms with Crippen molar-refractivity contribution in [2.24, 2.45) is 12.5 Å². The number of piperidine rings is 1. The van der Waals surface area contributed by atoms with Crippen molar-refractivity contribution in [3.63, 3.8) is 0 Å². The summed E-state index contributed by atoms with van der Waals surface area (Å²) in [6, 6.07) is 0. The summed E-state index contributed by atoms with van der Waals surface area (Å²) in [6.45, 7) is 6.03. The van der Waals surface area contributed by atoms with Crippen LogP contribution in [0.4, 0.5) is 5.69 Å². The number of nitrogens with one attached hydrogen (secondary N) is 2. The van der Waals surface area contributed by atoms with Gasteiger partial charge in [0.05, 0.1) is 29.1 Å². The van der Waals surface area contributed by atoms with E-state index in [4.69, 9.17) is 4.74 Å². The van der Waals surface area contributed by atoms with Gasteiger partial charge in [0.2, 0.25) is 5.91 Å². The third-order valence-electron chi connectivity index (χ3n) is 4.21. The molecule has 6 heteroatoms. The Morgan fingerprint density at radius 3 is 2.60 bits per heavy atom. The minimum absolute atomic E-state index is 0.0417. The van der Waals surface area contributed by atoms with Gasteiger partial charge < -0.3 is 15.4 Å². The van der Waals surface area contributed by atoms with Gasteiger partial charge >= 0.3 is 0 Å². The highest BCUT2D eigenvalue weighted by Gasteiger charge is 2.40. The molecule has 6 nitrogen and oxygen atoms in total. The standard InChI is InChI=1S/C14H24N4O2/c1-10-12(11(2)18(3)17-10)16-13(19)14(9-20-4)5-7-15-8-6-14/h15H,5-9H2,1-4H3,(H,16,19). The van der Waals surface area contributed by atoms with Crippen molar-refractivity contribution in [1.29, 1.82) is 0 Å². The zero-order valence-corrected chi connectivity index (χ0v) is 12.7. The van der Waals surface area contributed by atoms with Gasteiger partial charge in [0.1, 0.15) is 0 Å². The van der Waals surface area contributed by atoms with E-state index in [2.05, 4.69) is 15.7 Å². The molecule has 0 aliphatic carbocycles. The molecule has 0 unspecified atom stereocenters. The molecule has 20 heavy (non-hydrogen) atoms. The van der Waals surface area contributed by atoms with Gasteiger partial charge in [-0.05, 0) is 39.8 Å². The number of nitrogens with zero attached hydrogens (tertiary/aromatic N) is 2. The molecule has 1 saturated heterocycles. The predicted molar refractivity (Wildman–Crippen MR) is 77.7 cm³/mol. The summed E-state index contributed by atoms with van der Waals surface area (Å²) in [4.78, 5) is 12.7. The number of ether oxygens (including phenoxy) is 1. The SMILES string of the molecule is COCC1(C(=O)Nc2c(C)nn(C)c2C)CCNCC1. The first-order valence-electron chi connectivity index (χ1n) is 7.01. The van der Waals surface area contributed by atoms with Crippen LogP contribution in [-0.2, 0) is 16.6 Å². The molecule has 1 amide bonds. The van der Waals surface area contributed by atoms with Crippen LogP contribution in [0.2, 0.25) is 0 Å². The number of hydrogen-bond donors (Lipinski definition) is 2. The maximum absolute atomic E-state index is 12.7. The molecule has 1 aliphatic heterocycles. The lowest BCUT2D eigenvalue weighted by Crippen LogP contribution is -2.47. The molecule has 0 radical (unpaired) electrons. The van der Waals surface area contributed by atoms with Crippen LogP contribution in [0.15, 0.2) is 0 Å². The minimum Gasteiger partial charge on any atom is -0.384 e. The number of aromatic nitrogens is 2. The smallest absolute Gasteiger partial charge is 0.233 e. The van der Waals surface area contributed by atoms with Crippen LogP contribution in [0.3, 0.4) is 0 Å². The summed E-state index contributed by atoms with van der Waals surface area (Å²) in [5, 5.41) is 10.7. The topological polar surface area (TPSA) is 68.2 Å². The van der Waals surface area contributed by atoms with Crippen LogP contribution >= 0.6 is 0 Å². The van der Waals surface area contributed by atoms with E-state index < -0.39 is 5.41 Å². The van der Waals surface area contributed by atoms with E-state index in [-0.39, 0.29) is 5.91 Å². The maximum Gasteiger partial charge on any atom is 0.233 e. The first kappa shape index (κ1) is 15.0. The Balaban J connectivity index is 2.20. The Labute approximate surface area is 119 Å². The number of carbonyl (C=O) groups excluding carboxylic acids is 1. The van der Waals surface area contributed by atoms with E-state index in [0.29, 0.717) is 6.61 Å². The molecule has 1 fully saturated rings. The van der Waals surface area contributed by atoms with E-state index >= 15 is 0 Å². The second-order valence-electron chi connectivity index (χ2n) is 5.59. The highest BCUT2D eigenvalue weighted by molar-refractivity contribution is 5.96. The molecule has 0 aromatic carbocycles. The van der Waals surface area contributed by atoms with Gasteiger partial charge in [0, 0.05) is 14.2 Å². The van der Waals surface area contributed by atoms with Gasteiger partial charge in [-0.3, -0.25) is 9.48 Å². The maximum atomic E-state index is 12.7. The number of rotatable bonds is 4. The Bertz CT molecular complexity index is 484. The third-order valence-corrected chi connectivity index (χ3v) is 4.21. The average Bonchev–Trinajstić information content (AvgIpc) is 2.67. The Morgan fingerprint density at radius 2 is 2.10 bits per heavy atom. The van der Waals surface area contributed by atoms with Crippen LogP contribution < -0.4 is 10.6 Å². The number of anilines is 1. The predicted octanol–water partition coefficient (Wildman–Crippen LogP) is 0.992. The van der Waals surface area contributed by atoms with Crippen molar-refractivity contribution in [1.82, 2.24) is 15.1 Å². The van der Waals surface area contributed by atoms with Gasteiger partial charge in [-0.25, -0.2) is 0 Å². The van der Waals surface area contributed by atoms with Gasteiger partial charge in [-0.15, -0.1) is 0 Å². The zero-order valence-electron chi connectivity index (χ0n) is 12.7. The highest BCUT2D eigenvalue weighted by Crippen LogP contribution is 2.32. The molecule has 1 aromatic heterocycles. The molecular weight excluding hydrogens is 256 g/mol. The molecule has 2 N–H and O–H groups in total. The molecule has 2 heterocycles. The van der Waals surface area contributed by atoms with Crippen molar-refractivity contribution >= 4 is 11.6 Å². The second kappa shape index (κ2) is 5.93. The normalized spacial score (nSPS) is 18.0. The Hall–Kier alpha value is -1.40. The van der Waals surface area contributed by atoms with Crippen LogP contribution in [-0.4, -0.2) is 42.5 Å². The molecular formula is C14H24N4O2. The average molecular weight is 280 g/mol. The first-order chi connectivity index (χ1) is 9.50. The van der Waals surface area contributed by atoms with Gasteiger partial charge in [0.25, 0.3) is 0 Å². The fourth-order valence-electron chi connectivity index (χ4n) is 2.82. The van der Waals surface area contributed by atoms with E-state index in [1.54, 1.807) is 11.8 Å². The van der Waals surface area contributed by atoms with Crippen molar-refractivity contribution in [3.8, 4) is 0 Å². The fourth-order valence-corrected chi connectivity index (χ4v) is 2.82. The summed E-state index contributed by atoms with van der Waals surface area (Å²) in [6.07, 6.45) is 1.59. The lowest BCUT2D eigenvalue weighted by atomic mass is 9.78. The molecule has 1 aromatic rings. The Morgan fingerprint density at radius 1 is 1.45 bits per heavy atom. The summed E-state index contributed by atoms with van der Waals surface area (Å²) < 4.78 is 7.09. The van der Waals surface area contributed by atoms with E-state index in [9.17, 15) is 4.79 Å². The minimum atomic E-state index is -0.436. The van der Waals surface area contributed by atoms with Crippen molar-refractivity contribution in [3.05, 3.63) is 11.4 Å². The molecule has 0 bridgehead atoms. The number of methoxy groups -OCH3 is 1. The molecule has 112 valence electrons. The lowest BCUT2D eigenvalue weighted by molar-refractivity contribution is -0.130. The van der Waals surface area contributed by atoms with Crippen LogP contribution in [0, 0.1) is 19.3 Å². The molecule has 0 spiro atoms. The number of hydrogen-bond acceptors (Lipinski definition) is 4. The summed E-state index contributed by atoms with van der Waals surface area (Å²) >= 11 is 0. The summed E-state index contributed by atoms with van der Waals surface area (Å²) in [5.74, 6) is 0.0417. The van der Waals surface area contributed by atoms with Crippen LogP contribution in [0.25, 0.3) is 0 Å². The molecule has 0 saturated carbocycles. The van der Waals surface area contributed by atoms with Crippen molar-refractivity contribution in [2.45, 2.75) is 26.7 Å². The monoisotopic (exact) mass is 280 g/mol. The van der Waals surface area contributed by atoms with Crippen molar-refractivity contribution in [2.75, 3.05) is 32.1 Å².